The number of esters is 1. The van der Waals surface area contributed by atoms with Crippen molar-refractivity contribution in [2.75, 3.05) is 11.9 Å². The molecule has 1 heterocycles. The van der Waals surface area contributed by atoms with Gasteiger partial charge in [0.25, 0.3) is 0 Å². The predicted octanol–water partition coefficient (Wildman–Crippen LogP) is 1.75. The molecule has 0 saturated carbocycles. The lowest BCUT2D eigenvalue weighted by Gasteiger charge is -2.07. The Morgan fingerprint density at radius 2 is 2.60 bits per heavy atom. The number of carbonyl (C=O) groups is 1. The molecule has 1 unspecified atom stereocenters. The molecule has 0 fully saturated rings. The van der Waals surface area contributed by atoms with Crippen LogP contribution in [0.15, 0.2) is 5.51 Å². The molecule has 0 spiro atoms. The maximum absolute atomic E-state index is 11.4. The molecule has 1 atom stereocenters. The highest BCUT2D eigenvalue weighted by molar-refractivity contribution is 7.14. The van der Waals surface area contributed by atoms with Gasteiger partial charge in [0.1, 0.15) is 5.00 Å². The van der Waals surface area contributed by atoms with Crippen LogP contribution in [0.1, 0.15) is 24.3 Å². The number of rotatable bonds is 4. The molecule has 1 N–H and O–H groups in total. The molecule has 1 aromatic rings. The first-order valence-electron chi connectivity index (χ1n) is 4.52. The molecule has 0 saturated heterocycles. The molecule has 15 heavy (non-hydrogen) atoms. The Morgan fingerprint density at radius 1 is 1.87 bits per heavy atom. The van der Waals surface area contributed by atoms with E-state index >= 15 is 0 Å². The van der Waals surface area contributed by atoms with Crippen molar-refractivity contribution in [2.24, 2.45) is 0 Å². The standard InChI is InChI=1S/C10H12N2O2S/c1-4-7(3)12-9-8(11-6-15-9)10(13)14-5-2/h1,6-7,12H,5H2,2-3H3. The van der Waals surface area contributed by atoms with Crippen LogP contribution in [-0.4, -0.2) is 23.6 Å². The van der Waals surface area contributed by atoms with Gasteiger partial charge in [-0.1, -0.05) is 5.92 Å². The number of nitrogens with one attached hydrogen (secondary N) is 1. The summed E-state index contributed by atoms with van der Waals surface area (Å²) in [6, 6.07) is -0.140. The zero-order valence-corrected chi connectivity index (χ0v) is 9.43. The molecule has 0 radical (unpaired) electrons. The van der Waals surface area contributed by atoms with Crippen LogP contribution in [0.4, 0.5) is 5.00 Å². The van der Waals surface area contributed by atoms with Crippen LogP contribution in [0.5, 0.6) is 0 Å². The topological polar surface area (TPSA) is 51.2 Å². The molecule has 0 aliphatic rings. The number of aromatic nitrogens is 1. The fraction of sp³-hybridized carbons (Fsp3) is 0.400. The van der Waals surface area contributed by atoms with Crippen molar-refractivity contribution >= 4 is 22.3 Å². The minimum Gasteiger partial charge on any atom is -0.461 e. The van der Waals surface area contributed by atoms with Crippen LogP contribution >= 0.6 is 11.3 Å². The molecular formula is C10H12N2O2S. The van der Waals surface area contributed by atoms with E-state index in [-0.39, 0.29) is 6.04 Å². The van der Waals surface area contributed by atoms with Gasteiger partial charge in [-0.2, -0.15) is 0 Å². The minimum atomic E-state index is -0.425. The first-order chi connectivity index (χ1) is 7.19. The third-order valence-corrected chi connectivity index (χ3v) is 2.39. The van der Waals surface area contributed by atoms with Crippen molar-refractivity contribution in [3.63, 3.8) is 0 Å². The highest BCUT2D eigenvalue weighted by Crippen LogP contribution is 2.21. The number of thiazole rings is 1. The van der Waals surface area contributed by atoms with E-state index in [1.54, 1.807) is 12.4 Å². The smallest absolute Gasteiger partial charge is 0.360 e. The first kappa shape index (κ1) is 11.5. The summed E-state index contributed by atoms with van der Waals surface area (Å²) in [5.41, 5.74) is 1.88. The zero-order valence-electron chi connectivity index (χ0n) is 8.61. The van der Waals surface area contributed by atoms with Crippen LogP contribution in [0, 0.1) is 12.3 Å². The summed E-state index contributed by atoms with van der Waals surface area (Å²) in [4.78, 5) is 15.4. The van der Waals surface area contributed by atoms with Gasteiger partial charge >= 0.3 is 5.97 Å². The number of hydrogen-bond acceptors (Lipinski definition) is 5. The van der Waals surface area contributed by atoms with E-state index in [4.69, 9.17) is 11.2 Å². The third kappa shape index (κ3) is 2.96. The lowest BCUT2D eigenvalue weighted by molar-refractivity contribution is 0.0521. The Labute approximate surface area is 92.7 Å². The van der Waals surface area contributed by atoms with E-state index in [1.807, 2.05) is 6.92 Å². The van der Waals surface area contributed by atoms with Gasteiger partial charge in [-0.3, -0.25) is 0 Å². The normalized spacial score (nSPS) is 11.5. The maximum atomic E-state index is 11.4. The highest BCUT2D eigenvalue weighted by atomic mass is 32.1. The monoisotopic (exact) mass is 224 g/mol. The fourth-order valence-corrected chi connectivity index (χ4v) is 1.69. The second-order valence-corrected chi connectivity index (χ2v) is 3.64. The average Bonchev–Trinajstić information content (AvgIpc) is 2.66. The summed E-state index contributed by atoms with van der Waals surface area (Å²) in [6.45, 7) is 3.91. The third-order valence-electron chi connectivity index (χ3n) is 1.63. The maximum Gasteiger partial charge on any atom is 0.360 e. The van der Waals surface area contributed by atoms with Gasteiger partial charge in [-0.05, 0) is 13.8 Å². The molecule has 5 heteroatoms. The highest BCUT2D eigenvalue weighted by Gasteiger charge is 2.16. The quantitative estimate of drug-likeness (QED) is 0.625. The van der Waals surface area contributed by atoms with Crippen molar-refractivity contribution in [3.8, 4) is 12.3 Å². The number of hydrogen-bond donors (Lipinski definition) is 1. The largest absolute Gasteiger partial charge is 0.461 e. The number of carbonyl (C=O) groups excluding carboxylic acids is 1. The van der Waals surface area contributed by atoms with Crippen molar-refractivity contribution in [1.29, 1.82) is 0 Å². The molecule has 4 nitrogen and oxygen atoms in total. The summed E-state index contributed by atoms with van der Waals surface area (Å²) in [5.74, 6) is 2.09. The molecule has 0 amide bonds. The molecule has 80 valence electrons. The van der Waals surface area contributed by atoms with E-state index in [2.05, 4.69) is 16.2 Å². The van der Waals surface area contributed by atoms with E-state index in [9.17, 15) is 4.79 Å². The fourth-order valence-electron chi connectivity index (χ4n) is 0.932. The molecule has 0 aliphatic carbocycles. The molecule has 1 aromatic heterocycles. The first-order valence-corrected chi connectivity index (χ1v) is 5.40. The van der Waals surface area contributed by atoms with Crippen LogP contribution in [-0.2, 0) is 4.74 Å². The predicted molar refractivity (Wildman–Crippen MR) is 60.0 cm³/mol. The average molecular weight is 224 g/mol. The minimum absolute atomic E-state index is 0.140. The van der Waals surface area contributed by atoms with Gasteiger partial charge in [0, 0.05) is 0 Å². The summed E-state index contributed by atoms with van der Waals surface area (Å²) in [5, 5.41) is 3.65. The van der Waals surface area contributed by atoms with Crippen molar-refractivity contribution < 1.29 is 9.53 Å². The summed E-state index contributed by atoms with van der Waals surface area (Å²) >= 11 is 1.33. The number of anilines is 1. The Balaban J connectivity index is 2.78. The van der Waals surface area contributed by atoms with E-state index < -0.39 is 5.97 Å². The SMILES string of the molecule is C#CC(C)Nc1scnc1C(=O)OCC. The van der Waals surface area contributed by atoms with Crippen molar-refractivity contribution in [3.05, 3.63) is 11.2 Å². The van der Waals surface area contributed by atoms with Crippen LogP contribution in [0.25, 0.3) is 0 Å². The zero-order chi connectivity index (χ0) is 11.3. The molecule has 0 aliphatic heterocycles. The Bertz CT molecular complexity index is 381. The number of ether oxygens (including phenoxy) is 1. The Kier molecular flexibility index (Phi) is 4.13. The van der Waals surface area contributed by atoms with Crippen LogP contribution in [0.3, 0.4) is 0 Å². The summed E-state index contributed by atoms with van der Waals surface area (Å²) < 4.78 is 4.86. The molecule has 0 aromatic carbocycles. The molecular weight excluding hydrogens is 212 g/mol. The Hall–Kier alpha value is -1.54. The van der Waals surface area contributed by atoms with Gasteiger partial charge in [-0.25, -0.2) is 9.78 Å². The second kappa shape index (κ2) is 5.37. The summed E-state index contributed by atoms with van der Waals surface area (Å²) in [7, 11) is 0. The number of terminal acetylenes is 1. The van der Waals surface area contributed by atoms with E-state index in [1.165, 1.54) is 11.3 Å². The van der Waals surface area contributed by atoms with Crippen molar-refractivity contribution in [2.45, 2.75) is 19.9 Å². The van der Waals surface area contributed by atoms with Gasteiger partial charge in [0.05, 0.1) is 18.2 Å². The molecule has 0 bridgehead atoms. The van der Waals surface area contributed by atoms with E-state index in [0.29, 0.717) is 17.3 Å². The van der Waals surface area contributed by atoms with Crippen molar-refractivity contribution in [1.82, 2.24) is 4.98 Å². The molecule has 1 rings (SSSR count). The van der Waals surface area contributed by atoms with Gasteiger partial charge < -0.3 is 10.1 Å². The van der Waals surface area contributed by atoms with Gasteiger partial charge in [0.15, 0.2) is 5.69 Å². The second-order valence-electron chi connectivity index (χ2n) is 2.78. The van der Waals surface area contributed by atoms with Crippen LogP contribution < -0.4 is 5.32 Å². The lowest BCUT2D eigenvalue weighted by Crippen LogP contribution is -2.15. The Morgan fingerprint density at radius 3 is 3.20 bits per heavy atom. The van der Waals surface area contributed by atoms with E-state index in [0.717, 1.165) is 0 Å². The lowest BCUT2D eigenvalue weighted by atomic mass is 10.3. The van der Waals surface area contributed by atoms with Gasteiger partial charge in [0.2, 0.25) is 0 Å². The number of nitrogens with zero attached hydrogens (tertiary/aromatic N) is 1. The summed E-state index contributed by atoms with van der Waals surface area (Å²) in [6.07, 6.45) is 5.23. The van der Waals surface area contributed by atoms with Crippen LogP contribution in [0.2, 0.25) is 0 Å². The van der Waals surface area contributed by atoms with Gasteiger partial charge in [-0.15, -0.1) is 17.8 Å².